The molecule has 3 nitrogen and oxygen atoms in total. The minimum absolute atomic E-state index is 0.369. The molecule has 0 radical (unpaired) electrons. The minimum Gasteiger partial charge on any atom is -0.373 e. The Kier molecular flexibility index (Phi) is 3.75. The Balaban J connectivity index is 3.25. The van der Waals surface area contributed by atoms with E-state index in [1.54, 1.807) is 11.8 Å². The summed E-state index contributed by atoms with van der Waals surface area (Å²) in [7, 11) is 1.89. The number of hydrogen-bond donors (Lipinski definition) is 1. The van der Waals surface area contributed by atoms with Gasteiger partial charge in [0, 0.05) is 18.5 Å². The van der Waals surface area contributed by atoms with Crippen molar-refractivity contribution in [3.63, 3.8) is 0 Å². The molecule has 0 fully saturated rings. The van der Waals surface area contributed by atoms with Gasteiger partial charge in [-0.05, 0) is 13.2 Å². The summed E-state index contributed by atoms with van der Waals surface area (Å²) in [5.74, 6) is 2.21. The summed E-state index contributed by atoms with van der Waals surface area (Å²) in [6.45, 7) is 6.25. The van der Waals surface area contributed by atoms with Crippen LogP contribution in [-0.2, 0) is 0 Å². The number of aromatic nitrogens is 2. The number of nitrogens with zero attached hydrogens (tertiary/aromatic N) is 2. The topological polar surface area (TPSA) is 37.8 Å². The van der Waals surface area contributed by atoms with Crippen molar-refractivity contribution in [2.24, 2.45) is 0 Å². The molecule has 0 bridgehead atoms. The lowest BCUT2D eigenvalue weighted by Crippen LogP contribution is -2.05. The number of hydrogen-bond acceptors (Lipinski definition) is 4. The zero-order chi connectivity index (χ0) is 10.7. The number of nitrogens with one attached hydrogen (secondary N) is 1. The Morgan fingerprint density at radius 3 is 2.36 bits per heavy atom. The normalized spacial score (nSPS) is 10.7. The predicted octanol–water partition coefficient (Wildman–Crippen LogP) is 2.67. The molecule has 0 spiro atoms. The van der Waals surface area contributed by atoms with Crippen molar-refractivity contribution < 1.29 is 0 Å². The Morgan fingerprint density at radius 2 is 1.93 bits per heavy atom. The second kappa shape index (κ2) is 4.64. The summed E-state index contributed by atoms with van der Waals surface area (Å²) < 4.78 is 0. The molecule has 0 amide bonds. The van der Waals surface area contributed by atoms with Crippen LogP contribution < -0.4 is 5.32 Å². The first-order chi connectivity index (χ1) is 6.60. The molecule has 78 valence electrons. The van der Waals surface area contributed by atoms with E-state index in [4.69, 9.17) is 0 Å². The van der Waals surface area contributed by atoms with Crippen LogP contribution in [-0.4, -0.2) is 23.3 Å². The zero-order valence-electron chi connectivity index (χ0n) is 9.38. The third kappa shape index (κ3) is 2.18. The summed E-state index contributed by atoms with van der Waals surface area (Å²) in [6, 6.07) is 0. The number of rotatable bonds is 3. The average molecular weight is 211 g/mol. The molecule has 1 rings (SSSR count). The van der Waals surface area contributed by atoms with Crippen molar-refractivity contribution in [3.05, 3.63) is 11.4 Å². The van der Waals surface area contributed by atoms with Crippen molar-refractivity contribution >= 4 is 17.6 Å². The van der Waals surface area contributed by atoms with Crippen molar-refractivity contribution in [1.29, 1.82) is 0 Å². The monoisotopic (exact) mass is 211 g/mol. The van der Waals surface area contributed by atoms with Gasteiger partial charge in [0.25, 0.3) is 0 Å². The van der Waals surface area contributed by atoms with Crippen LogP contribution in [0.25, 0.3) is 0 Å². The first-order valence-corrected chi connectivity index (χ1v) is 5.92. The van der Waals surface area contributed by atoms with Crippen LogP contribution in [0, 0.1) is 6.92 Å². The molecular formula is C10H17N3S. The Bertz CT molecular complexity index is 298. The van der Waals surface area contributed by atoms with E-state index in [0.29, 0.717) is 5.92 Å². The van der Waals surface area contributed by atoms with Crippen molar-refractivity contribution in [3.8, 4) is 0 Å². The van der Waals surface area contributed by atoms with Gasteiger partial charge in [-0.3, -0.25) is 0 Å². The average Bonchev–Trinajstić information content (AvgIpc) is 2.17. The van der Waals surface area contributed by atoms with Gasteiger partial charge in [-0.1, -0.05) is 13.8 Å². The van der Waals surface area contributed by atoms with Gasteiger partial charge in [-0.15, -0.1) is 11.8 Å². The first kappa shape index (κ1) is 11.3. The Morgan fingerprint density at radius 1 is 1.29 bits per heavy atom. The predicted molar refractivity (Wildman–Crippen MR) is 62.2 cm³/mol. The summed E-state index contributed by atoms with van der Waals surface area (Å²) >= 11 is 1.67. The van der Waals surface area contributed by atoms with E-state index in [2.05, 4.69) is 29.1 Å². The molecule has 0 aliphatic heterocycles. The van der Waals surface area contributed by atoms with E-state index in [1.165, 1.54) is 0 Å². The Hall–Kier alpha value is -0.770. The second-order valence-electron chi connectivity index (χ2n) is 3.47. The number of thioether (sulfide) groups is 1. The third-order valence-corrected chi connectivity index (χ3v) is 2.85. The lowest BCUT2D eigenvalue weighted by molar-refractivity contribution is 0.750. The molecular weight excluding hydrogens is 194 g/mol. The van der Waals surface area contributed by atoms with Crippen molar-refractivity contribution in [1.82, 2.24) is 9.97 Å². The van der Waals surface area contributed by atoms with E-state index in [1.807, 2.05) is 20.2 Å². The maximum atomic E-state index is 4.51. The Labute approximate surface area is 89.7 Å². The van der Waals surface area contributed by atoms with Crippen LogP contribution in [0.5, 0.6) is 0 Å². The molecule has 0 aliphatic carbocycles. The van der Waals surface area contributed by atoms with Crippen LogP contribution in [0.2, 0.25) is 0 Å². The van der Waals surface area contributed by atoms with E-state index in [9.17, 15) is 0 Å². The number of anilines is 1. The molecule has 0 saturated heterocycles. The summed E-state index contributed by atoms with van der Waals surface area (Å²) in [5.41, 5.74) is 1.13. The van der Waals surface area contributed by atoms with E-state index in [-0.39, 0.29) is 0 Å². The second-order valence-corrected chi connectivity index (χ2v) is 4.26. The van der Waals surface area contributed by atoms with E-state index >= 15 is 0 Å². The van der Waals surface area contributed by atoms with Gasteiger partial charge in [0.1, 0.15) is 16.7 Å². The molecule has 4 heteroatoms. The molecule has 1 heterocycles. The smallest absolute Gasteiger partial charge is 0.134 e. The highest BCUT2D eigenvalue weighted by atomic mass is 32.2. The quantitative estimate of drug-likeness (QED) is 0.616. The van der Waals surface area contributed by atoms with Gasteiger partial charge >= 0.3 is 0 Å². The van der Waals surface area contributed by atoms with Crippen LogP contribution in [0.15, 0.2) is 5.03 Å². The van der Waals surface area contributed by atoms with Crippen molar-refractivity contribution in [2.45, 2.75) is 31.7 Å². The van der Waals surface area contributed by atoms with Crippen LogP contribution in [0.1, 0.15) is 31.2 Å². The van der Waals surface area contributed by atoms with Gasteiger partial charge in [0.2, 0.25) is 0 Å². The van der Waals surface area contributed by atoms with Crippen LogP contribution in [0.3, 0.4) is 0 Å². The van der Waals surface area contributed by atoms with Gasteiger partial charge in [-0.2, -0.15) is 0 Å². The van der Waals surface area contributed by atoms with Crippen LogP contribution >= 0.6 is 11.8 Å². The molecule has 0 aliphatic rings. The van der Waals surface area contributed by atoms with Gasteiger partial charge in [-0.25, -0.2) is 9.97 Å². The standard InChI is InChI=1S/C10H17N3S/c1-6(2)8-12-9(11-4)7(3)10(13-8)14-5/h6H,1-5H3,(H,11,12,13). The van der Waals surface area contributed by atoms with Crippen molar-refractivity contribution in [2.75, 3.05) is 18.6 Å². The molecule has 0 saturated carbocycles. The summed E-state index contributed by atoms with van der Waals surface area (Å²) in [5, 5.41) is 4.16. The lowest BCUT2D eigenvalue weighted by atomic mass is 10.2. The third-order valence-electron chi connectivity index (χ3n) is 2.07. The SMILES string of the molecule is CNc1nc(C(C)C)nc(SC)c1C. The highest BCUT2D eigenvalue weighted by Gasteiger charge is 2.11. The highest BCUT2D eigenvalue weighted by Crippen LogP contribution is 2.24. The van der Waals surface area contributed by atoms with Gasteiger partial charge in [0.15, 0.2) is 0 Å². The molecule has 14 heavy (non-hydrogen) atoms. The fourth-order valence-electron chi connectivity index (χ4n) is 1.21. The fourth-order valence-corrected chi connectivity index (χ4v) is 1.80. The molecule has 0 atom stereocenters. The lowest BCUT2D eigenvalue weighted by Gasteiger charge is -2.12. The maximum Gasteiger partial charge on any atom is 0.134 e. The first-order valence-electron chi connectivity index (χ1n) is 4.70. The zero-order valence-corrected chi connectivity index (χ0v) is 10.2. The minimum atomic E-state index is 0.369. The molecule has 1 N–H and O–H groups in total. The van der Waals surface area contributed by atoms with E-state index < -0.39 is 0 Å². The molecule has 0 aromatic carbocycles. The molecule has 1 aromatic rings. The van der Waals surface area contributed by atoms with Gasteiger partial charge in [0.05, 0.1) is 0 Å². The van der Waals surface area contributed by atoms with Crippen LogP contribution in [0.4, 0.5) is 5.82 Å². The summed E-state index contributed by atoms with van der Waals surface area (Å²) in [6.07, 6.45) is 2.04. The van der Waals surface area contributed by atoms with Gasteiger partial charge < -0.3 is 5.32 Å². The summed E-state index contributed by atoms with van der Waals surface area (Å²) in [4.78, 5) is 8.97. The fraction of sp³-hybridized carbons (Fsp3) is 0.600. The largest absolute Gasteiger partial charge is 0.373 e. The maximum absolute atomic E-state index is 4.51. The highest BCUT2D eigenvalue weighted by molar-refractivity contribution is 7.98. The van der Waals surface area contributed by atoms with E-state index in [0.717, 1.165) is 22.2 Å². The molecule has 1 aromatic heterocycles. The molecule has 0 unspecified atom stereocenters.